The Bertz CT molecular complexity index is 286. The molecule has 5 heteroatoms. The lowest BCUT2D eigenvalue weighted by Gasteiger charge is -2.33. The predicted molar refractivity (Wildman–Crippen MR) is 61.8 cm³/mol. The van der Waals surface area contributed by atoms with Crippen molar-refractivity contribution < 1.29 is 19.4 Å². The molecule has 2 saturated heterocycles. The van der Waals surface area contributed by atoms with E-state index in [1.54, 1.807) is 13.8 Å². The fraction of sp³-hybridized carbons (Fsp3) is 0.917. The summed E-state index contributed by atoms with van der Waals surface area (Å²) in [5.74, 6) is 0.466. The Kier molecular flexibility index (Phi) is 3.58. The molecule has 17 heavy (non-hydrogen) atoms. The van der Waals surface area contributed by atoms with E-state index in [9.17, 15) is 9.90 Å². The molecule has 0 aromatic rings. The van der Waals surface area contributed by atoms with Gasteiger partial charge >= 0.3 is 6.09 Å². The molecule has 2 heterocycles. The quantitative estimate of drug-likeness (QED) is 0.805. The van der Waals surface area contributed by atoms with Crippen LogP contribution in [0.4, 0.5) is 4.79 Å². The Labute approximate surface area is 102 Å². The molecule has 0 unspecified atom stereocenters. The minimum Gasteiger partial charge on any atom is -0.465 e. The number of nitrogens with zero attached hydrogens (tertiary/aromatic N) is 1. The SMILES string of the molecule is CC1(C)OC[C@H](C[C@H]2CCCOC2)N1C(=O)O. The highest BCUT2D eigenvalue weighted by molar-refractivity contribution is 5.66. The average molecular weight is 243 g/mol. The van der Waals surface area contributed by atoms with Crippen molar-refractivity contribution >= 4 is 6.09 Å². The smallest absolute Gasteiger partial charge is 0.409 e. The summed E-state index contributed by atoms with van der Waals surface area (Å²) in [5, 5.41) is 9.26. The Morgan fingerprint density at radius 1 is 1.47 bits per heavy atom. The maximum Gasteiger partial charge on any atom is 0.409 e. The van der Waals surface area contributed by atoms with Crippen molar-refractivity contribution in [3.8, 4) is 0 Å². The van der Waals surface area contributed by atoms with Crippen molar-refractivity contribution in [3.05, 3.63) is 0 Å². The summed E-state index contributed by atoms with van der Waals surface area (Å²) >= 11 is 0. The molecule has 0 aromatic carbocycles. The predicted octanol–water partition coefficient (Wildman–Crippen LogP) is 1.92. The van der Waals surface area contributed by atoms with Gasteiger partial charge in [0, 0.05) is 13.2 Å². The molecule has 1 amide bonds. The summed E-state index contributed by atoms with van der Waals surface area (Å²) in [4.78, 5) is 12.7. The maximum absolute atomic E-state index is 11.3. The molecule has 0 aromatic heterocycles. The summed E-state index contributed by atoms with van der Waals surface area (Å²) in [6.45, 7) is 5.70. The van der Waals surface area contributed by atoms with Crippen LogP contribution in [0.5, 0.6) is 0 Å². The largest absolute Gasteiger partial charge is 0.465 e. The molecule has 98 valence electrons. The van der Waals surface area contributed by atoms with Gasteiger partial charge in [-0.05, 0) is 39.0 Å². The molecule has 0 spiro atoms. The van der Waals surface area contributed by atoms with Gasteiger partial charge in [0.1, 0.15) is 5.72 Å². The van der Waals surface area contributed by atoms with Crippen LogP contribution in [0.15, 0.2) is 0 Å². The second-order valence-corrected chi connectivity index (χ2v) is 5.38. The Morgan fingerprint density at radius 2 is 2.24 bits per heavy atom. The first-order chi connectivity index (χ1) is 8.00. The van der Waals surface area contributed by atoms with Gasteiger partial charge in [-0.25, -0.2) is 4.79 Å². The minimum atomic E-state index is -0.894. The molecule has 0 bridgehead atoms. The number of carbonyl (C=O) groups is 1. The normalized spacial score (nSPS) is 32.7. The maximum atomic E-state index is 11.3. The van der Waals surface area contributed by atoms with E-state index < -0.39 is 11.8 Å². The Balaban J connectivity index is 1.97. The highest BCUT2D eigenvalue weighted by Crippen LogP contribution is 2.32. The van der Waals surface area contributed by atoms with Crippen LogP contribution in [0.25, 0.3) is 0 Å². The molecule has 0 saturated carbocycles. The summed E-state index contributed by atoms with van der Waals surface area (Å²) in [7, 11) is 0. The third-order valence-electron chi connectivity index (χ3n) is 3.64. The fourth-order valence-corrected chi connectivity index (χ4v) is 2.82. The van der Waals surface area contributed by atoms with Crippen LogP contribution < -0.4 is 0 Å². The van der Waals surface area contributed by atoms with Crippen LogP contribution in [-0.2, 0) is 9.47 Å². The number of rotatable bonds is 2. The number of amides is 1. The van der Waals surface area contributed by atoms with Crippen molar-refractivity contribution in [2.45, 2.75) is 44.9 Å². The van der Waals surface area contributed by atoms with Gasteiger partial charge in [0.25, 0.3) is 0 Å². The van der Waals surface area contributed by atoms with Gasteiger partial charge in [-0.15, -0.1) is 0 Å². The van der Waals surface area contributed by atoms with Gasteiger partial charge in [0.05, 0.1) is 12.6 Å². The van der Waals surface area contributed by atoms with Crippen molar-refractivity contribution in [1.82, 2.24) is 4.90 Å². The highest BCUT2D eigenvalue weighted by atomic mass is 16.5. The fourth-order valence-electron chi connectivity index (χ4n) is 2.82. The van der Waals surface area contributed by atoms with E-state index >= 15 is 0 Å². The molecule has 0 aliphatic carbocycles. The molecule has 2 aliphatic heterocycles. The third kappa shape index (κ3) is 2.72. The van der Waals surface area contributed by atoms with E-state index in [0.717, 1.165) is 32.5 Å². The lowest BCUT2D eigenvalue weighted by atomic mass is 9.94. The second-order valence-electron chi connectivity index (χ2n) is 5.38. The highest BCUT2D eigenvalue weighted by Gasteiger charge is 2.44. The van der Waals surface area contributed by atoms with Crippen LogP contribution in [-0.4, -0.2) is 47.7 Å². The first kappa shape index (κ1) is 12.6. The number of hydrogen-bond acceptors (Lipinski definition) is 3. The zero-order valence-electron chi connectivity index (χ0n) is 10.5. The number of hydrogen-bond donors (Lipinski definition) is 1. The van der Waals surface area contributed by atoms with Crippen molar-refractivity contribution in [1.29, 1.82) is 0 Å². The van der Waals surface area contributed by atoms with Gasteiger partial charge in [0.15, 0.2) is 0 Å². The van der Waals surface area contributed by atoms with Crippen LogP contribution in [0.1, 0.15) is 33.1 Å². The molecule has 2 rings (SSSR count). The van der Waals surface area contributed by atoms with Crippen LogP contribution >= 0.6 is 0 Å². The zero-order valence-corrected chi connectivity index (χ0v) is 10.5. The van der Waals surface area contributed by atoms with Crippen LogP contribution in [0, 0.1) is 5.92 Å². The molecule has 5 nitrogen and oxygen atoms in total. The zero-order chi connectivity index (χ0) is 12.5. The molecular weight excluding hydrogens is 222 g/mol. The molecule has 1 N–H and O–H groups in total. The Hall–Kier alpha value is -0.810. The lowest BCUT2D eigenvalue weighted by Crippen LogP contribution is -2.48. The molecule has 0 radical (unpaired) electrons. The minimum absolute atomic E-state index is 0.0331. The standard InChI is InChI=1S/C12H21NO4/c1-12(2)13(11(14)15)10(8-17-12)6-9-4-3-5-16-7-9/h9-10H,3-8H2,1-2H3,(H,14,15)/t9-,10+/m1/s1. The number of ether oxygens (including phenoxy) is 2. The van der Waals surface area contributed by atoms with E-state index in [1.807, 2.05) is 0 Å². The lowest BCUT2D eigenvalue weighted by molar-refractivity contribution is -0.0433. The van der Waals surface area contributed by atoms with Gasteiger partial charge in [-0.3, -0.25) is 4.90 Å². The first-order valence-corrected chi connectivity index (χ1v) is 6.24. The average Bonchev–Trinajstić information content (AvgIpc) is 2.55. The van der Waals surface area contributed by atoms with Crippen LogP contribution in [0.2, 0.25) is 0 Å². The van der Waals surface area contributed by atoms with Crippen molar-refractivity contribution in [3.63, 3.8) is 0 Å². The van der Waals surface area contributed by atoms with Gasteiger partial charge < -0.3 is 14.6 Å². The summed E-state index contributed by atoms with van der Waals surface area (Å²) in [5.41, 5.74) is -0.702. The monoisotopic (exact) mass is 243 g/mol. The van der Waals surface area contributed by atoms with Crippen molar-refractivity contribution in [2.75, 3.05) is 19.8 Å². The van der Waals surface area contributed by atoms with E-state index in [2.05, 4.69) is 0 Å². The van der Waals surface area contributed by atoms with E-state index in [0.29, 0.717) is 12.5 Å². The first-order valence-electron chi connectivity index (χ1n) is 6.24. The van der Waals surface area contributed by atoms with E-state index in [-0.39, 0.29) is 6.04 Å². The molecular formula is C12H21NO4. The number of carboxylic acid groups (broad SMARTS) is 1. The topological polar surface area (TPSA) is 59.0 Å². The second kappa shape index (κ2) is 4.82. The van der Waals surface area contributed by atoms with E-state index in [4.69, 9.17) is 9.47 Å². The molecule has 2 atom stereocenters. The summed E-state index contributed by atoms with van der Waals surface area (Å²) in [6.07, 6.45) is 2.16. The van der Waals surface area contributed by atoms with E-state index in [1.165, 1.54) is 4.90 Å². The van der Waals surface area contributed by atoms with Crippen LogP contribution in [0.3, 0.4) is 0 Å². The summed E-state index contributed by atoms with van der Waals surface area (Å²) in [6, 6.07) is -0.0331. The van der Waals surface area contributed by atoms with Gasteiger partial charge in [0.2, 0.25) is 0 Å². The third-order valence-corrected chi connectivity index (χ3v) is 3.64. The van der Waals surface area contributed by atoms with Crippen molar-refractivity contribution in [2.24, 2.45) is 5.92 Å². The Morgan fingerprint density at radius 3 is 2.82 bits per heavy atom. The van der Waals surface area contributed by atoms with Gasteiger partial charge in [-0.1, -0.05) is 0 Å². The molecule has 2 aliphatic rings. The van der Waals surface area contributed by atoms with Gasteiger partial charge in [-0.2, -0.15) is 0 Å². The molecule has 2 fully saturated rings. The summed E-state index contributed by atoms with van der Waals surface area (Å²) < 4.78 is 11.0.